The molecule has 1 aliphatic rings. The minimum Gasteiger partial charge on any atom is -0.454 e. The second-order valence-electron chi connectivity index (χ2n) is 4.77. The molecule has 0 atom stereocenters. The summed E-state index contributed by atoms with van der Waals surface area (Å²) in [6, 6.07) is 3.64. The van der Waals surface area contributed by atoms with Crippen LogP contribution in [0, 0.1) is 10.1 Å². The van der Waals surface area contributed by atoms with Crippen molar-refractivity contribution in [2.75, 3.05) is 19.7 Å². The number of likely N-dealkylation sites (N-methyl/N-ethyl adjacent to an activating group) is 1. The van der Waals surface area contributed by atoms with Gasteiger partial charge in [-0.2, -0.15) is 0 Å². The lowest BCUT2D eigenvalue weighted by molar-refractivity contribution is -0.385. The van der Waals surface area contributed by atoms with Gasteiger partial charge in [-0.1, -0.05) is 6.07 Å². The van der Waals surface area contributed by atoms with E-state index in [2.05, 4.69) is 10.1 Å². The van der Waals surface area contributed by atoms with Gasteiger partial charge in [-0.15, -0.1) is 0 Å². The van der Waals surface area contributed by atoms with Gasteiger partial charge in [0.15, 0.2) is 6.61 Å². The fraction of sp³-hybridized carbons (Fsp3) is 0.286. The number of hydrogen-bond acceptors (Lipinski definition) is 7. The number of hydrogen-bond donors (Lipinski definition) is 1. The molecule has 3 amide bonds. The van der Waals surface area contributed by atoms with E-state index in [1.165, 1.54) is 12.1 Å². The van der Waals surface area contributed by atoms with Crippen molar-refractivity contribution in [3.63, 3.8) is 0 Å². The Morgan fingerprint density at radius 3 is 2.62 bits per heavy atom. The van der Waals surface area contributed by atoms with E-state index in [0.29, 0.717) is 11.4 Å². The first kappa shape index (κ1) is 17.1. The normalized spacial score (nSPS) is 12.8. The van der Waals surface area contributed by atoms with Gasteiger partial charge in [-0.25, -0.2) is 0 Å². The zero-order valence-corrected chi connectivity index (χ0v) is 12.6. The van der Waals surface area contributed by atoms with E-state index in [9.17, 15) is 29.3 Å². The zero-order valence-electron chi connectivity index (χ0n) is 12.6. The van der Waals surface area contributed by atoms with E-state index in [4.69, 9.17) is 0 Å². The number of carbonyl (C=O) groups excluding carboxylic acids is 4. The highest BCUT2D eigenvalue weighted by Gasteiger charge is 2.41. The fourth-order valence-corrected chi connectivity index (χ4v) is 2.18. The Hall–Kier alpha value is -3.30. The summed E-state index contributed by atoms with van der Waals surface area (Å²) in [6.07, 6.45) is 0. The molecule has 0 saturated carbocycles. The summed E-state index contributed by atoms with van der Waals surface area (Å²) >= 11 is 0. The van der Waals surface area contributed by atoms with E-state index in [1.807, 2.05) is 0 Å². The first-order chi connectivity index (χ1) is 11.4. The molecule has 0 fully saturated rings. The van der Waals surface area contributed by atoms with Gasteiger partial charge in [-0.3, -0.25) is 34.2 Å². The molecule has 0 aliphatic carbocycles. The average Bonchev–Trinajstić information content (AvgIpc) is 2.78. The molecule has 0 bridgehead atoms. The zero-order chi connectivity index (χ0) is 17.9. The minimum absolute atomic E-state index is 0.147. The van der Waals surface area contributed by atoms with Crippen LogP contribution in [0.15, 0.2) is 18.2 Å². The molecule has 126 valence electrons. The number of imide groups is 1. The van der Waals surface area contributed by atoms with Crippen molar-refractivity contribution in [1.82, 2.24) is 10.2 Å². The van der Waals surface area contributed by atoms with Crippen LogP contribution in [-0.2, 0) is 14.3 Å². The van der Waals surface area contributed by atoms with Gasteiger partial charge in [0.25, 0.3) is 23.4 Å². The number of esters is 1. The largest absolute Gasteiger partial charge is 0.454 e. The third-order valence-corrected chi connectivity index (χ3v) is 3.20. The molecule has 1 aromatic rings. The van der Waals surface area contributed by atoms with Gasteiger partial charge < -0.3 is 10.1 Å². The van der Waals surface area contributed by atoms with Crippen molar-refractivity contribution in [1.29, 1.82) is 0 Å². The van der Waals surface area contributed by atoms with Gasteiger partial charge in [0.1, 0.15) is 12.1 Å². The van der Waals surface area contributed by atoms with Crippen molar-refractivity contribution in [3.8, 4) is 0 Å². The van der Waals surface area contributed by atoms with Gasteiger partial charge in [0, 0.05) is 12.6 Å². The van der Waals surface area contributed by atoms with Crippen LogP contribution < -0.4 is 5.32 Å². The summed E-state index contributed by atoms with van der Waals surface area (Å²) in [4.78, 5) is 58.0. The average molecular weight is 335 g/mol. The molecule has 0 saturated heterocycles. The first-order valence-electron chi connectivity index (χ1n) is 6.92. The molecule has 10 nitrogen and oxygen atoms in total. The Labute approximate surface area is 135 Å². The number of benzene rings is 1. The highest BCUT2D eigenvalue weighted by Crippen LogP contribution is 2.30. The summed E-state index contributed by atoms with van der Waals surface area (Å²) in [5.74, 6) is -3.27. The Kier molecular flexibility index (Phi) is 4.87. The lowest BCUT2D eigenvalue weighted by Gasteiger charge is -2.12. The molecule has 0 spiro atoms. The summed E-state index contributed by atoms with van der Waals surface area (Å²) in [7, 11) is 0. The van der Waals surface area contributed by atoms with Crippen molar-refractivity contribution >= 4 is 29.4 Å². The maximum Gasteiger partial charge on any atom is 0.326 e. The molecule has 10 heteroatoms. The number of nitrogens with one attached hydrogen (secondary N) is 1. The van der Waals surface area contributed by atoms with Gasteiger partial charge in [-0.05, 0) is 13.0 Å². The molecule has 1 heterocycles. The monoisotopic (exact) mass is 335 g/mol. The SMILES string of the molecule is CCNC(=O)COC(=O)CN1C(=O)c2cccc([N+](=O)[O-])c2C1=O. The van der Waals surface area contributed by atoms with Crippen LogP contribution >= 0.6 is 0 Å². The molecular formula is C14H13N3O7. The van der Waals surface area contributed by atoms with Crippen molar-refractivity contribution < 1.29 is 28.8 Å². The van der Waals surface area contributed by atoms with E-state index in [-0.39, 0.29) is 11.1 Å². The van der Waals surface area contributed by atoms with Gasteiger partial charge in [0.2, 0.25) is 0 Å². The number of fused-ring (bicyclic) bond motifs is 1. The Morgan fingerprint density at radius 2 is 2.00 bits per heavy atom. The lowest BCUT2D eigenvalue weighted by atomic mass is 10.1. The summed E-state index contributed by atoms with van der Waals surface area (Å²) in [5, 5.41) is 13.4. The molecular weight excluding hydrogens is 322 g/mol. The smallest absolute Gasteiger partial charge is 0.326 e. The number of nitrogens with zero attached hydrogens (tertiary/aromatic N) is 2. The minimum atomic E-state index is -0.974. The third-order valence-electron chi connectivity index (χ3n) is 3.20. The van der Waals surface area contributed by atoms with Crippen LogP contribution in [-0.4, -0.2) is 53.2 Å². The maximum absolute atomic E-state index is 12.2. The van der Waals surface area contributed by atoms with E-state index in [0.717, 1.165) is 6.07 Å². The van der Waals surface area contributed by atoms with Crippen molar-refractivity contribution in [3.05, 3.63) is 39.4 Å². The highest BCUT2D eigenvalue weighted by atomic mass is 16.6. The van der Waals surface area contributed by atoms with Crippen LogP contribution in [0.2, 0.25) is 0 Å². The standard InChI is InChI=1S/C14H13N3O7/c1-2-15-10(18)7-24-11(19)6-16-13(20)8-4-3-5-9(17(22)23)12(8)14(16)21/h3-5H,2,6-7H2,1H3,(H,15,18). The second kappa shape index (κ2) is 6.86. The van der Waals surface area contributed by atoms with Crippen LogP contribution in [0.4, 0.5) is 5.69 Å². The van der Waals surface area contributed by atoms with Crippen LogP contribution in [0.25, 0.3) is 0 Å². The van der Waals surface area contributed by atoms with Crippen LogP contribution in [0.5, 0.6) is 0 Å². The predicted molar refractivity (Wildman–Crippen MR) is 78.1 cm³/mol. The van der Waals surface area contributed by atoms with Crippen LogP contribution in [0.3, 0.4) is 0 Å². The van der Waals surface area contributed by atoms with E-state index in [1.54, 1.807) is 6.92 Å². The second-order valence-corrected chi connectivity index (χ2v) is 4.77. The number of ether oxygens (including phenoxy) is 1. The molecule has 0 radical (unpaired) electrons. The fourth-order valence-electron chi connectivity index (χ4n) is 2.18. The highest BCUT2D eigenvalue weighted by molar-refractivity contribution is 6.24. The van der Waals surface area contributed by atoms with Crippen molar-refractivity contribution in [2.45, 2.75) is 6.92 Å². The number of rotatable bonds is 6. The molecule has 0 aromatic heterocycles. The molecule has 1 N–H and O–H groups in total. The predicted octanol–water partition coefficient (Wildman–Crippen LogP) is -0.130. The molecule has 0 unspecified atom stereocenters. The van der Waals surface area contributed by atoms with E-state index < -0.39 is 47.5 Å². The topological polar surface area (TPSA) is 136 Å². The lowest BCUT2D eigenvalue weighted by Crippen LogP contribution is -2.37. The Morgan fingerprint density at radius 1 is 1.29 bits per heavy atom. The van der Waals surface area contributed by atoms with Crippen molar-refractivity contribution in [2.24, 2.45) is 0 Å². The summed E-state index contributed by atoms with van der Waals surface area (Å²) in [6.45, 7) is 0.767. The molecule has 2 rings (SSSR count). The quantitative estimate of drug-likeness (QED) is 0.331. The number of amides is 3. The summed E-state index contributed by atoms with van der Waals surface area (Å²) < 4.78 is 4.66. The number of nitro benzene ring substituents is 1. The first-order valence-corrected chi connectivity index (χ1v) is 6.92. The molecule has 1 aliphatic heterocycles. The third kappa shape index (κ3) is 3.21. The number of carbonyl (C=O) groups is 4. The van der Waals surface area contributed by atoms with Gasteiger partial charge >= 0.3 is 5.97 Å². The van der Waals surface area contributed by atoms with E-state index >= 15 is 0 Å². The number of nitro groups is 1. The molecule has 24 heavy (non-hydrogen) atoms. The van der Waals surface area contributed by atoms with Crippen LogP contribution in [0.1, 0.15) is 27.6 Å². The Bertz CT molecular complexity index is 744. The van der Waals surface area contributed by atoms with Gasteiger partial charge in [0.05, 0.1) is 10.5 Å². The Balaban J connectivity index is 2.11. The molecule has 1 aromatic carbocycles. The maximum atomic E-state index is 12.2. The summed E-state index contributed by atoms with van der Waals surface area (Å²) in [5.41, 5.74) is -1.02.